The van der Waals surface area contributed by atoms with Crippen molar-refractivity contribution in [2.45, 2.75) is 64.3 Å². The number of benzene rings is 1. The van der Waals surface area contributed by atoms with Crippen LogP contribution in [0.1, 0.15) is 57.4 Å². The van der Waals surface area contributed by atoms with Crippen LogP contribution in [0.2, 0.25) is 5.02 Å². The van der Waals surface area contributed by atoms with Crippen LogP contribution >= 0.6 is 11.6 Å². The summed E-state index contributed by atoms with van der Waals surface area (Å²) >= 11 is 6.03. The van der Waals surface area contributed by atoms with Gasteiger partial charge in [0, 0.05) is 11.1 Å². The SMILES string of the molecule is CCCNC(Cc1cc(Cl)ccc1F)C1CCCCCC1. The van der Waals surface area contributed by atoms with Crippen molar-refractivity contribution < 1.29 is 4.39 Å². The lowest BCUT2D eigenvalue weighted by Gasteiger charge is -2.28. The summed E-state index contributed by atoms with van der Waals surface area (Å²) in [7, 11) is 0. The summed E-state index contributed by atoms with van der Waals surface area (Å²) in [5.41, 5.74) is 0.750. The molecule has 1 unspecified atom stereocenters. The van der Waals surface area contributed by atoms with E-state index in [2.05, 4.69) is 12.2 Å². The largest absolute Gasteiger partial charge is 0.313 e. The molecule has 0 aromatic heterocycles. The Labute approximate surface area is 133 Å². The van der Waals surface area contributed by atoms with E-state index in [4.69, 9.17) is 11.6 Å². The maximum Gasteiger partial charge on any atom is 0.126 e. The molecule has 1 aromatic carbocycles. The van der Waals surface area contributed by atoms with Gasteiger partial charge < -0.3 is 5.32 Å². The first kappa shape index (κ1) is 16.8. The average Bonchev–Trinajstić information content (AvgIpc) is 2.76. The van der Waals surface area contributed by atoms with Gasteiger partial charge >= 0.3 is 0 Å². The number of nitrogens with one attached hydrogen (secondary N) is 1. The highest BCUT2D eigenvalue weighted by atomic mass is 35.5. The topological polar surface area (TPSA) is 12.0 Å². The number of rotatable bonds is 6. The van der Waals surface area contributed by atoms with E-state index in [0.717, 1.165) is 24.9 Å². The van der Waals surface area contributed by atoms with Crippen LogP contribution in [0.3, 0.4) is 0 Å². The van der Waals surface area contributed by atoms with Crippen molar-refractivity contribution in [3.05, 3.63) is 34.6 Å². The minimum Gasteiger partial charge on any atom is -0.313 e. The van der Waals surface area contributed by atoms with Crippen LogP contribution < -0.4 is 5.32 Å². The maximum atomic E-state index is 14.0. The second-order valence-corrected chi connectivity index (χ2v) is 6.69. The van der Waals surface area contributed by atoms with Crippen molar-refractivity contribution in [2.24, 2.45) is 5.92 Å². The molecule has 21 heavy (non-hydrogen) atoms. The quantitative estimate of drug-likeness (QED) is 0.697. The van der Waals surface area contributed by atoms with Crippen molar-refractivity contribution in [3.8, 4) is 0 Å². The summed E-state index contributed by atoms with van der Waals surface area (Å²) in [5, 5.41) is 4.28. The van der Waals surface area contributed by atoms with Crippen LogP contribution in [0.25, 0.3) is 0 Å². The lowest BCUT2D eigenvalue weighted by Crippen LogP contribution is -2.38. The van der Waals surface area contributed by atoms with Gasteiger partial charge in [-0.05, 0) is 61.9 Å². The molecule has 0 amide bonds. The Kier molecular flexibility index (Phi) is 6.98. The van der Waals surface area contributed by atoms with E-state index < -0.39 is 0 Å². The van der Waals surface area contributed by atoms with E-state index in [1.165, 1.54) is 44.6 Å². The van der Waals surface area contributed by atoms with E-state index >= 15 is 0 Å². The minimum atomic E-state index is -0.128. The van der Waals surface area contributed by atoms with Crippen molar-refractivity contribution in [1.82, 2.24) is 5.32 Å². The third-order valence-electron chi connectivity index (χ3n) is 4.57. The smallest absolute Gasteiger partial charge is 0.126 e. The summed E-state index contributed by atoms with van der Waals surface area (Å²) in [6.07, 6.45) is 9.72. The van der Waals surface area contributed by atoms with Gasteiger partial charge in [0.15, 0.2) is 0 Å². The molecule has 1 aliphatic carbocycles. The van der Waals surface area contributed by atoms with Crippen LogP contribution in [0.15, 0.2) is 18.2 Å². The standard InChI is InChI=1S/C18H27ClFN/c1-2-11-21-18(14-7-5-3-4-6-8-14)13-15-12-16(19)9-10-17(15)20/h9-10,12,14,18,21H,2-8,11,13H2,1H3. The van der Waals surface area contributed by atoms with Crippen LogP contribution in [-0.4, -0.2) is 12.6 Å². The van der Waals surface area contributed by atoms with Gasteiger partial charge in [0.25, 0.3) is 0 Å². The normalized spacial score (nSPS) is 18.4. The summed E-state index contributed by atoms with van der Waals surface area (Å²) in [5.74, 6) is 0.536. The minimum absolute atomic E-state index is 0.128. The zero-order chi connectivity index (χ0) is 15.1. The fourth-order valence-corrected chi connectivity index (χ4v) is 3.58. The fraction of sp³-hybridized carbons (Fsp3) is 0.667. The Morgan fingerprint density at radius 2 is 1.95 bits per heavy atom. The van der Waals surface area contributed by atoms with Gasteiger partial charge in [0.2, 0.25) is 0 Å². The van der Waals surface area contributed by atoms with Gasteiger partial charge in [-0.25, -0.2) is 4.39 Å². The van der Waals surface area contributed by atoms with Crippen LogP contribution in [0, 0.1) is 11.7 Å². The van der Waals surface area contributed by atoms with E-state index in [9.17, 15) is 4.39 Å². The molecule has 1 N–H and O–H groups in total. The first-order valence-electron chi connectivity index (χ1n) is 8.38. The maximum absolute atomic E-state index is 14.0. The number of halogens is 2. The van der Waals surface area contributed by atoms with Crippen LogP contribution in [-0.2, 0) is 6.42 Å². The second-order valence-electron chi connectivity index (χ2n) is 6.25. The molecule has 3 heteroatoms. The van der Waals surface area contributed by atoms with Gasteiger partial charge in [-0.1, -0.05) is 44.2 Å². The molecular formula is C18H27ClFN. The third-order valence-corrected chi connectivity index (χ3v) is 4.81. The Bertz CT molecular complexity index is 427. The number of hydrogen-bond acceptors (Lipinski definition) is 1. The molecular weight excluding hydrogens is 285 g/mol. The highest BCUT2D eigenvalue weighted by Crippen LogP contribution is 2.28. The number of hydrogen-bond donors (Lipinski definition) is 1. The third kappa shape index (κ3) is 5.27. The Morgan fingerprint density at radius 3 is 2.62 bits per heavy atom. The van der Waals surface area contributed by atoms with E-state index in [1.54, 1.807) is 12.1 Å². The van der Waals surface area contributed by atoms with E-state index in [-0.39, 0.29) is 5.82 Å². The Morgan fingerprint density at radius 1 is 1.24 bits per heavy atom. The van der Waals surface area contributed by atoms with Crippen LogP contribution in [0.5, 0.6) is 0 Å². The van der Waals surface area contributed by atoms with Gasteiger partial charge in [-0.2, -0.15) is 0 Å². The van der Waals surface area contributed by atoms with Crippen LogP contribution in [0.4, 0.5) is 4.39 Å². The Hall–Kier alpha value is -0.600. The van der Waals surface area contributed by atoms with Gasteiger partial charge in [-0.3, -0.25) is 0 Å². The molecule has 1 aromatic rings. The van der Waals surface area contributed by atoms with Gasteiger partial charge in [-0.15, -0.1) is 0 Å². The van der Waals surface area contributed by atoms with Gasteiger partial charge in [0.1, 0.15) is 5.82 Å². The molecule has 1 fully saturated rings. The van der Waals surface area contributed by atoms with E-state index in [1.807, 2.05) is 0 Å². The lowest BCUT2D eigenvalue weighted by atomic mass is 9.87. The molecule has 0 bridgehead atoms. The molecule has 0 aliphatic heterocycles. The predicted octanol–water partition coefficient (Wildman–Crippen LogP) is 5.36. The average molecular weight is 312 g/mol. The molecule has 0 radical (unpaired) electrons. The fourth-order valence-electron chi connectivity index (χ4n) is 3.39. The summed E-state index contributed by atoms with van der Waals surface area (Å²) in [6, 6.07) is 5.27. The summed E-state index contributed by atoms with van der Waals surface area (Å²) < 4.78 is 14.0. The summed E-state index contributed by atoms with van der Waals surface area (Å²) in [6.45, 7) is 3.18. The van der Waals surface area contributed by atoms with Crippen molar-refractivity contribution in [1.29, 1.82) is 0 Å². The molecule has 0 saturated heterocycles. The highest BCUT2D eigenvalue weighted by Gasteiger charge is 2.23. The van der Waals surface area contributed by atoms with Gasteiger partial charge in [0.05, 0.1) is 0 Å². The first-order chi connectivity index (χ1) is 10.2. The predicted molar refractivity (Wildman–Crippen MR) is 88.4 cm³/mol. The van der Waals surface area contributed by atoms with Crippen molar-refractivity contribution >= 4 is 11.6 Å². The van der Waals surface area contributed by atoms with Crippen molar-refractivity contribution in [3.63, 3.8) is 0 Å². The first-order valence-corrected chi connectivity index (χ1v) is 8.75. The summed E-state index contributed by atoms with van der Waals surface area (Å²) in [4.78, 5) is 0. The lowest BCUT2D eigenvalue weighted by molar-refractivity contribution is 0.315. The molecule has 1 aliphatic rings. The molecule has 1 nitrogen and oxygen atoms in total. The molecule has 2 rings (SSSR count). The molecule has 0 spiro atoms. The van der Waals surface area contributed by atoms with Crippen molar-refractivity contribution in [2.75, 3.05) is 6.54 Å². The monoisotopic (exact) mass is 311 g/mol. The Balaban J connectivity index is 2.08. The highest BCUT2D eigenvalue weighted by molar-refractivity contribution is 6.30. The zero-order valence-electron chi connectivity index (χ0n) is 13.0. The van der Waals surface area contributed by atoms with E-state index in [0.29, 0.717) is 17.0 Å². The molecule has 118 valence electrons. The molecule has 1 atom stereocenters. The molecule has 0 heterocycles. The molecule has 1 saturated carbocycles. The second kappa shape index (κ2) is 8.75. The zero-order valence-corrected chi connectivity index (χ0v) is 13.8.